The van der Waals surface area contributed by atoms with Crippen molar-refractivity contribution < 1.29 is 14.3 Å². The van der Waals surface area contributed by atoms with E-state index in [1.807, 2.05) is 65.3 Å². The third-order valence-electron chi connectivity index (χ3n) is 6.14. The van der Waals surface area contributed by atoms with Gasteiger partial charge in [0.15, 0.2) is 0 Å². The molecule has 168 valence electrons. The summed E-state index contributed by atoms with van der Waals surface area (Å²) in [4.78, 5) is 16.4. The molecular weight excluding hydrogens is 452 g/mol. The number of esters is 1. The summed E-state index contributed by atoms with van der Waals surface area (Å²) in [7, 11) is 1.37. The van der Waals surface area contributed by atoms with E-state index in [1.54, 1.807) is 12.1 Å². The zero-order valence-corrected chi connectivity index (χ0v) is 18.9. The molecule has 0 bridgehead atoms. The molecule has 0 saturated heterocycles. The van der Waals surface area contributed by atoms with Gasteiger partial charge in [-0.3, -0.25) is 0 Å². The summed E-state index contributed by atoms with van der Waals surface area (Å²) in [5.74, 6) is 1.03. The Kier molecular flexibility index (Phi) is 4.85. The number of carbonyl (C=O) groups is 1. The number of nitrogens with one attached hydrogen (secondary N) is 1. The van der Waals surface area contributed by atoms with Crippen molar-refractivity contribution in [2.45, 2.75) is 12.1 Å². The number of anilines is 1. The molecule has 8 heteroatoms. The van der Waals surface area contributed by atoms with Crippen LogP contribution in [0.15, 0.2) is 84.7 Å². The van der Waals surface area contributed by atoms with E-state index in [9.17, 15) is 4.79 Å². The number of nitrogens with zero attached hydrogens (tertiary/aromatic N) is 3. The Morgan fingerprint density at radius 3 is 2.53 bits per heavy atom. The van der Waals surface area contributed by atoms with Gasteiger partial charge in [-0.2, -0.15) is 10.1 Å². The van der Waals surface area contributed by atoms with Gasteiger partial charge in [-0.05, 0) is 47.5 Å². The maximum Gasteiger partial charge on any atom is 0.337 e. The zero-order chi connectivity index (χ0) is 23.2. The summed E-state index contributed by atoms with van der Waals surface area (Å²) in [6.07, 6.45) is 1.11. The minimum Gasteiger partial charge on any atom is -0.480 e. The number of para-hydroxylation sites is 1. The van der Waals surface area contributed by atoms with Crippen LogP contribution in [0.2, 0.25) is 5.02 Å². The first-order valence-corrected chi connectivity index (χ1v) is 11.1. The van der Waals surface area contributed by atoms with E-state index >= 15 is 0 Å². The number of fused-ring (bicyclic) bond motifs is 3. The predicted octanol–water partition coefficient (Wildman–Crippen LogP) is 5.28. The van der Waals surface area contributed by atoms with Gasteiger partial charge in [0.2, 0.25) is 5.95 Å². The number of aromatic nitrogens is 3. The van der Waals surface area contributed by atoms with E-state index in [4.69, 9.17) is 21.1 Å². The fourth-order valence-corrected chi connectivity index (χ4v) is 4.70. The molecule has 0 aliphatic carbocycles. The molecule has 0 saturated carbocycles. The second-order valence-electron chi connectivity index (χ2n) is 8.05. The van der Waals surface area contributed by atoms with Crippen molar-refractivity contribution in [1.82, 2.24) is 14.8 Å². The predicted molar refractivity (Wildman–Crippen MR) is 128 cm³/mol. The summed E-state index contributed by atoms with van der Waals surface area (Å²) in [6, 6.07) is 22.6. The zero-order valence-electron chi connectivity index (χ0n) is 18.1. The molecule has 2 unspecified atom stereocenters. The van der Waals surface area contributed by atoms with Crippen molar-refractivity contribution in [3.05, 3.63) is 112 Å². The van der Waals surface area contributed by atoms with Gasteiger partial charge in [-0.25, -0.2) is 9.48 Å². The summed E-state index contributed by atoms with van der Waals surface area (Å²) in [5.41, 5.74) is 5.26. The largest absolute Gasteiger partial charge is 0.480 e. The Morgan fingerprint density at radius 2 is 1.76 bits per heavy atom. The second kappa shape index (κ2) is 8.04. The van der Waals surface area contributed by atoms with Crippen LogP contribution in [0.3, 0.4) is 0 Å². The van der Waals surface area contributed by atoms with E-state index in [-0.39, 0.29) is 12.0 Å². The smallest absolute Gasteiger partial charge is 0.337 e. The average Bonchev–Trinajstić information content (AvgIpc) is 3.35. The monoisotopic (exact) mass is 470 g/mol. The van der Waals surface area contributed by atoms with Crippen molar-refractivity contribution in [2.24, 2.45) is 0 Å². The lowest BCUT2D eigenvalue weighted by Gasteiger charge is -2.39. The Labute approximate surface area is 200 Å². The number of carbonyl (C=O) groups excluding carboxylic acids is 1. The van der Waals surface area contributed by atoms with Gasteiger partial charge < -0.3 is 14.8 Å². The highest BCUT2D eigenvalue weighted by Crippen LogP contribution is 2.50. The van der Waals surface area contributed by atoms with Gasteiger partial charge in [0.25, 0.3) is 0 Å². The van der Waals surface area contributed by atoms with Crippen LogP contribution in [0.25, 0.3) is 5.70 Å². The van der Waals surface area contributed by atoms with Crippen LogP contribution in [-0.4, -0.2) is 27.8 Å². The third-order valence-corrected chi connectivity index (χ3v) is 6.39. The highest BCUT2D eigenvalue weighted by Gasteiger charge is 2.40. The average molecular weight is 471 g/mol. The fraction of sp³-hybridized carbons (Fsp3) is 0.115. The fourth-order valence-electron chi connectivity index (χ4n) is 4.57. The molecule has 3 aromatic carbocycles. The van der Waals surface area contributed by atoms with Crippen LogP contribution in [0.4, 0.5) is 5.95 Å². The second-order valence-corrected chi connectivity index (χ2v) is 8.48. The highest BCUT2D eigenvalue weighted by atomic mass is 35.5. The molecule has 2 aliphatic heterocycles. The molecule has 0 amide bonds. The summed E-state index contributed by atoms with van der Waals surface area (Å²) in [5, 5.41) is 8.65. The first kappa shape index (κ1) is 20.5. The van der Waals surface area contributed by atoms with E-state index in [2.05, 4.69) is 15.4 Å². The van der Waals surface area contributed by atoms with Crippen molar-refractivity contribution in [2.75, 3.05) is 12.4 Å². The molecule has 6 rings (SSSR count). The van der Waals surface area contributed by atoms with Crippen molar-refractivity contribution in [1.29, 1.82) is 0 Å². The third kappa shape index (κ3) is 3.24. The minimum atomic E-state index is -0.429. The highest BCUT2D eigenvalue weighted by molar-refractivity contribution is 6.30. The molecule has 3 heterocycles. The van der Waals surface area contributed by atoms with Crippen LogP contribution in [0.5, 0.6) is 5.75 Å². The van der Waals surface area contributed by atoms with Crippen LogP contribution >= 0.6 is 11.6 Å². The molecule has 2 atom stereocenters. The molecule has 1 N–H and O–H groups in total. The maximum atomic E-state index is 12.0. The molecule has 2 aliphatic rings. The Bertz CT molecular complexity index is 1430. The number of rotatable bonds is 3. The molecule has 0 fully saturated rings. The van der Waals surface area contributed by atoms with Gasteiger partial charge in [0.05, 0.1) is 18.4 Å². The van der Waals surface area contributed by atoms with Gasteiger partial charge in [-0.15, -0.1) is 0 Å². The van der Waals surface area contributed by atoms with Gasteiger partial charge in [0.1, 0.15) is 24.2 Å². The molecular formula is C26H19ClN4O3. The standard InChI is InChI=1S/C26H19ClN4O3/c1-33-25(32)17-8-6-16(7-9-17)24-21-22(19-4-2-3-5-20(19)34-24)30-26-28-14-29-31(26)23(21)15-10-12-18(27)13-11-15/h2-14,23-24H,1H3,(H,28,29,30). The molecule has 0 radical (unpaired) electrons. The normalized spacial score (nSPS) is 18.2. The van der Waals surface area contributed by atoms with E-state index < -0.39 is 6.10 Å². The van der Waals surface area contributed by atoms with Gasteiger partial charge in [-0.1, -0.05) is 48.0 Å². The molecule has 4 aromatic rings. The number of methoxy groups -OCH3 is 1. The van der Waals surface area contributed by atoms with Gasteiger partial charge >= 0.3 is 5.97 Å². The number of halogens is 1. The van der Waals surface area contributed by atoms with E-state index in [0.29, 0.717) is 16.5 Å². The summed E-state index contributed by atoms with van der Waals surface area (Å²) >= 11 is 6.19. The quantitative estimate of drug-likeness (QED) is 0.410. The first-order valence-electron chi connectivity index (χ1n) is 10.7. The van der Waals surface area contributed by atoms with Gasteiger partial charge in [0, 0.05) is 16.2 Å². The van der Waals surface area contributed by atoms with Crippen molar-refractivity contribution >= 4 is 29.2 Å². The van der Waals surface area contributed by atoms with Crippen LogP contribution in [0.1, 0.15) is 39.2 Å². The van der Waals surface area contributed by atoms with Crippen molar-refractivity contribution in [3.63, 3.8) is 0 Å². The number of hydrogen-bond donors (Lipinski definition) is 1. The minimum absolute atomic E-state index is 0.273. The summed E-state index contributed by atoms with van der Waals surface area (Å²) < 4.78 is 13.3. The number of benzene rings is 3. The Balaban J connectivity index is 1.56. The molecule has 0 spiro atoms. The maximum absolute atomic E-state index is 12.0. The van der Waals surface area contributed by atoms with Crippen molar-refractivity contribution in [3.8, 4) is 5.75 Å². The lowest BCUT2D eigenvalue weighted by molar-refractivity contribution is 0.0600. The SMILES string of the molecule is COC(=O)c1ccc(C2Oc3ccccc3C3=C2C(c2ccc(Cl)cc2)n2ncnc2N3)cc1. The lowest BCUT2D eigenvalue weighted by atomic mass is 9.84. The van der Waals surface area contributed by atoms with E-state index in [1.165, 1.54) is 13.4 Å². The Hall–Kier alpha value is -4.10. The topological polar surface area (TPSA) is 78.3 Å². The first-order chi connectivity index (χ1) is 16.6. The Morgan fingerprint density at radius 1 is 1.03 bits per heavy atom. The number of hydrogen-bond acceptors (Lipinski definition) is 6. The molecule has 7 nitrogen and oxygen atoms in total. The lowest BCUT2D eigenvalue weighted by Crippen LogP contribution is -2.32. The van der Waals surface area contributed by atoms with Crippen LogP contribution < -0.4 is 10.1 Å². The van der Waals surface area contributed by atoms with Crippen LogP contribution in [0, 0.1) is 0 Å². The molecule has 34 heavy (non-hydrogen) atoms. The van der Waals surface area contributed by atoms with E-state index in [0.717, 1.165) is 33.7 Å². The molecule has 1 aromatic heterocycles. The van der Waals surface area contributed by atoms with Crippen LogP contribution in [-0.2, 0) is 4.74 Å². The summed E-state index contributed by atoms with van der Waals surface area (Å²) in [6.45, 7) is 0. The number of ether oxygens (including phenoxy) is 2.